The molecule has 0 amide bonds. The van der Waals surface area contributed by atoms with Crippen LogP contribution in [-0.2, 0) is 6.18 Å². The van der Waals surface area contributed by atoms with Crippen LogP contribution in [0.4, 0.5) is 19.0 Å². The first kappa shape index (κ1) is 16.8. The third kappa shape index (κ3) is 5.38. The van der Waals surface area contributed by atoms with Gasteiger partial charge in [0.05, 0.1) is 10.6 Å². The molecule has 3 N–H and O–H groups in total. The van der Waals surface area contributed by atoms with E-state index in [9.17, 15) is 13.2 Å². The topological polar surface area (TPSA) is 49.0 Å². The normalized spacial score (nSPS) is 11.1. The van der Waals surface area contributed by atoms with Gasteiger partial charge in [-0.2, -0.15) is 13.2 Å². The number of nitrogens with one attached hydrogen (secondary N) is 3. The van der Waals surface area contributed by atoms with Crippen LogP contribution in [0, 0.1) is 0 Å². The average Bonchev–Trinajstić information content (AvgIpc) is 2.36. The highest BCUT2D eigenvalue weighted by Crippen LogP contribution is 2.32. The van der Waals surface area contributed by atoms with Gasteiger partial charge in [0.1, 0.15) is 0 Å². The van der Waals surface area contributed by atoms with E-state index in [1.54, 1.807) is 0 Å². The molecule has 0 aliphatic rings. The molecule has 112 valence electrons. The Hall–Kier alpha value is -1.28. The van der Waals surface area contributed by atoms with Crippen LogP contribution < -0.4 is 16.2 Å². The molecule has 0 unspecified atom stereocenters. The van der Waals surface area contributed by atoms with Gasteiger partial charge in [0, 0.05) is 12.7 Å². The molecule has 0 bridgehead atoms. The number of alkyl halides is 3. The van der Waals surface area contributed by atoms with Gasteiger partial charge in [0.15, 0.2) is 10.9 Å². The quantitative estimate of drug-likeness (QED) is 0.440. The molecule has 0 fully saturated rings. The van der Waals surface area contributed by atoms with Crippen molar-refractivity contribution in [3.05, 3.63) is 22.8 Å². The Balaban J connectivity index is 2.55. The van der Waals surface area contributed by atoms with E-state index in [1.165, 1.54) is 0 Å². The summed E-state index contributed by atoms with van der Waals surface area (Å²) in [6.07, 6.45) is -1.79. The third-order valence-electron chi connectivity index (χ3n) is 2.28. The highest BCUT2D eigenvalue weighted by Gasteiger charge is 2.31. The van der Waals surface area contributed by atoms with Crippen molar-refractivity contribution in [2.45, 2.75) is 25.9 Å². The van der Waals surface area contributed by atoms with Crippen molar-refractivity contribution < 1.29 is 13.2 Å². The van der Waals surface area contributed by atoms with Crippen LogP contribution in [0.25, 0.3) is 0 Å². The van der Waals surface area contributed by atoms with Crippen molar-refractivity contribution in [2.24, 2.45) is 0 Å². The van der Waals surface area contributed by atoms with Crippen LogP contribution in [0.3, 0.4) is 0 Å². The van der Waals surface area contributed by atoms with E-state index in [1.807, 2.05) is 6.92 Å². The van der Waals surface area contributed by atoms with Gasteiger partial charge in [-0.15, -0.1) is 0 Å². The number of thiocarbonyl (C=S) groups is 1. The Morgan fingerprint density at radius 2 is 2.15 bits per heavy atom. The maximum absolute atomic E-state index is 12.4. The standard InChI is InChI=1S/C11H14ClF3N4S/c1-2-3-4-16-10(20)19-18-9-8(12)5-7(6-17-9)11(13,14)15/h5-6H,2-4H2,1H3,(H,17,18)(H2,16,19,20). The summed E-state index contributed by atoms with van der Waals surface area (Å²) in [5, 5.41) is 3.08. The second-order valence-corrected chi connectivity index (χ2v) is 4.73. The maximum atomic E-state index is 12.4. The predicted octanol–water partition coefficient (Wildman–Crippen LogP) is 3.34. The van der Waals surface area contributed by atoms with Crippen LogP contribution in [0.2, 0.25) is 5.02 Å². The molecule has 0 aliphatic heterocycles. The van der Waals surface area contributed by atoms with Gasteiger partial charge in [-0.05, 0) is 24.7 Å². The fourth-order valence-electron chi connectivity index (χ4n) is 1.22. The van der Waals surface area contributed by atoms with Crippen LogP contribution in [0.15, 0.2) is 12.3 Å². The molecular formula is C11H14ClF3N4S. The molecule has 0 aromatic carbocycles. The summed E-state index contributed by atoms with van der Waals surface area (Å²) in [4.78, 5) is 3.60. The van der Waals surface area contributed by atoms with E-state index in [2.05, 4.69) is 21.2 Å². The number of anilines is 1. The molecule has 0 atom stereocenters. The minimum Gasteiger partial charge on any atom is -0.361 e. The average molecular weight is 327 g/mol. The summed E-state index contributed by atoms with van der Waals surface area (Å²) in [6.45, 7) is 2.75. The number of nitrogens with zero attached hydrogens (tertiary/aromatic N) is 1. The summed E-state index contributed by atoms with van der Waals surface area (Å²) in [5.74, 6) is 0.0688. The van der Waals surface area contributed by atoms with Gasteiger partial charge in [-0.3, -0.25) is 10.9 Å². The van der Waals surface area contributed by atoms with E-state index in [-0.39, 0.29) is 10.8 Å². The Labute approximate surface area is 125 Å². The number of aromatic nitrogens is 1. The first-order chi connectivity index (χ1) is 9.34. The fraction of sp³-hybridized carbons (Fsp3) is 0.455. The Bertz CT molecular complexity index is 467. The van der Waals surface area contributed by atoms with Crippen molar-refractivity contribution in [3.63, 3.8) is 0 Å². The lowest BCUT2D eigenvalue weighted by Gasteiger charge is -2.13. The van der Waals surface area contributed by atoms with Crippen molar-refractivity contribution in [1.29, 1.82) is 0 Å². The van der Waals surface area contributed by atoms with Gasteiger partial charge >= 0.3 is 6.18 Å². The number of rotatable bonds is 5. The van der Waals surface area contributed by atoms with E-state index >= 15 is 0 Å². The molecule has 0 spiro atoms. The number of hydrogen-bond donors (Lipinski definition) is 3. The molecule has 0 aliphatic carbocycles. The smallest absolute Gasteiger partial charge is 0.361 e. The first-order valence-corrected chi connectivity index (χ1v) is 6.65. The number of unbranched alkanes of at least 4 members (excludes halogenated alkanes) is 1. The van der Waals surface area contributed by atoms with E-state index in [4.69, 9.17) is 23.8 Å². The zero-order valence-corrected chi connectivity index (χ0v) is 12.2. The van der Waals surface area contributed by atoms with Crippen LogP contribution in [0.1, 0.15) is 25.3 Å². The van der Waals surface area contributed by atoms with Crippen LogP contribution in [0.5, 0.6) is 0 Å². The molecule has 9 heteroatoms. The van der Waals surface area contributed by atoms with Crippen LogP contribution >= 0.6 is 23.8 Å². The Kier molecular flexibility index (Phi) is 6.28. The molecule has 1 heterocycles. The van der Waals surface area contributed by atoms with Gasteiger partial charge in [-0.1, -0.05) is 24.9 Å². The van der Waals surface area contributed by atoms with Crippen molar-refractivity contribution in [3.8, 4) is 0 Å². The van der Waals surface area contributed by atoms with Crippen molar-refractivity contribution in [1.82, 2.24) is 15.7 Å². The maximum Gasteiger partial charge on any atom is 0.417 e. The predicted molar refractivity (Wildman–Crippen MR) is 76.5 cm³/mol. The molecule has 20 heavy (non-hydrogen) atoms. The van der Waals surface area contributed by atoms with E-state index < -0.39 is 11.7 Å². The summed E-state index contributed by atoms with van der Waals surface area (Å²) in [6, 6.07) is 0.798. The van der Waals surface area contributed by atoms with E-state index in [0.717, 1.165) is 18.9 Å². The second-order valence-electron chi connectivity index (χ2n) is 3.91. The molecule has 0 radical (unpaired) electrons. The SMILES string of the molecule is CCCCNC(=S)NNc1ncc(C(F)(F)F)cc1Cl. The van der Waals surface area contributed by atoms with Crippen molar-refractivity contribution in [2.75, 3.05) is 12.0 Å². The zero-order chi connectivity index (χ0) is 15.2. The lowest BCUT2D eigenvalue weighted by atomic mass is 10.3. The highest BCUT2D eigenvalue weighted by atomic mass is 35.5. The zero-order valence-electron chi connectivity index (χ0n) is 10.6. The third-order valence-corrected chi connectivity index (χ3v) is 2.81. The Morgan fingerprint density at radius 3 is 2.70 bits per heavy atom. The van der Waals surface area contributed by atoms with Crippen molar-refractivity contribution >= 4 is 34.7 Å². The number of hydrogen-bond acceptors (Lipinski definition) is 3. The lowest BCUT2D eigenvalue weighted by Crippen LogP contribution is -2.39. The first-order valence-electron chi connectivity index (χ1n) is 5.87. The monoisotopic (exact) mass is 326 g/mol. The number of hydrazine groups is 1. The Morgan fingerprint density at radius 1 is 1.45 bits per heavy atom. The number of pyridine rings is 1. The minimum atomic E-state index is -4.47. The molecule has 1 aromatic heterocycles. The molecular weight excluding hydrogens is 313 g/mol. The molecule has 0 saturated carbocycles. The molecule has 0 saturated heterocycles. The number of halogens is 4. The summed E-state index contributed by atoms with van der Waals surface area (Å²) >= 11 is 10.7. The molecule has 1 rings (SSSR count). The second kappa shape index (κ2) is 7.49. The van der Waals surface area contributed by atoms with Gasteiger partial charge in [0.25, 0.3) is 0 Å². The minimum absolute atomic E-state index is 0.0688. The lowest BCUT2D eigenvalue weighted by molar-refractivity contribution is -0.137. The summed E-state index contributed by atoms with van der Waals surface area (Å²) < 4.78 is 37.3. The largest absolute Gasteiger partial charge is 0.417 e. The highest BCUT2D eigenvalue weighted by molar-refractivity contribution is 7.80. The van der Waals surface area contributed by atoms with Gasteiger partial charge < -0.3 is 5.32 Å². The fourth-order valence-corrected chi connectivity index (χ4v) is 1.59. The van der Waals surface area contributed by atoms with Crippen LogP contribution in [-0.4, -0.2) is 16.6 Å². The summed E-state index contributed by atoms with van der Waals surface area (Å²) in [5.41, 5.74) is 4.25. The van der Waals surface area contributed by atoms with Gasteiger partial charge in [-0.25, -0.2) is 4.98 Å². The van der Waals surface area contributed by atoms with Gasteiger partial charge in [0.2, 0.25) is 0 Å². The molecule has 1 aromatic rings. The summed E-state index contributed by atoms with van der Waals surface area (Å²) in [7, 11) is 0. The molecule has 4 nitrogen and oxygen atoms in total. The van der Waals surface area contributed by atoms with E-state index in [0.29, 0.717) is 17.9 Å².